The molecule has 134 valence electrons. The van der Waals surface area contributed by atoms with Gasteiger partial charge in [-0.25, -0.2) is 0 Å². The minimum Gasteiger partial charge on any atom is -0.493 e. The number of nitrogens with zero attached hydrogens (tertiary/aromatic N) is 3. The Kier molecular flexibility index (Phi) is 4.92. The topological polar surface area (TPSA) is 75.5 Å². The molecule has 0 amide bonds. The first-order valence-corrected chi connectivity index (χ1v) is 8.38. The molecule has 0 N–H and O–H groups in total. The summed E-state index contributed by atoms with van der Waals surface area (Å²) in [5.74, 6) is 2.60. The molecule has 1 aromatic heterocycles. The van der Waals surface area contributed by atoms with Crippen molar-refractivity contribution in [1.29, 1.82) is 0 Å². The summed E-state index contributed by atoms with van der Waals surface area (Å²) in [6.07, 6.45) is 1.33. The molecule has 7 heteroatoms. The monoisotopic (exact) mass is 345 g/mol. The van der Waals surface area contributed by atoms with Gasteiger partial charge in [0, 0.05) is 18.5 Å². The van der Waals surface area contributed by atoms with Gasteiger partial charge in [-0.2, -0.15) is 0 Å². The minimum absolute atomic E-state index is 0.0656. The van der Waals surface area contributed by atoms with Crippen LogP contribution in [0.3, 0.4) is 0 Å². The quantitative estimate of drug-likeness (QED) is 0.775. The van der Waals surface area contributed by atoms with E-state index in [1.807, 2.05) is 32.0 Å². The lowest BCUT2D eigenvalue weighted by Gasteiger charge is -2.22. The van der Waals surface area contributed by atoms with Crippen molar-refractivity contribution in [3.05, 3.63) is 24.0 Å². The molecule has 1 atom stereocenters. The number of ether oxygens (including phenoxy) is 3. The number of methoxy groups -OCH3 is 2. The summed E-state index contributed by atoms with van der Waals surface area (Å²) in [5.41, 5.74) is 0.906. The van der Waals surface area contributed by atoms with E-state index in [-0.39, 0.29) is 18.0 Å². The second kappa shape index (κ2) is 7.13. The van der Waals surface area contributed by atoms with Gasteiger partial charge in [0.15, 0.2) is 17.3 Å². The molecule has 0 bridgehead atoms. The number of hydrogen-bond acceptors (Lipinski definition) is 6. The molecular formula is C18H23N3O4. The van der Waals surface area contributed by atoms with Crippen LogP contribution >= 0.6 is 0 Å². The number of fused-ring (bicyclic) bond motifs is 1. The van der Waals surface area contributed by atoms with Crippen LogP contribution in [-0.2, 0) is 22.5 Å². The van der Waals surface area contributed by atoms with Gasteiger partial charge < -0.3 is 18.8 Å². The Morgan fingerprint density at radius 2 is 2.04 bits per heavy atom. The zero-order chi connectivity index (χ0) is 18.0. The summed E-state index contributed by atoms with van der Waals surface area (Å²) in [6.45, 7) is 4.63. The number of carbonyl (C=O) groups is 1. The number of aromatic nitrogens is 3. The molecule has 1 unspecified atom stereocenters. The van der Waals surface area contributed by atoms with Crippen molar-refractivity contribution in [2.45, 2.75) is 39.3 Å². The zero-order valence-corrected chi connectivity index (χ0v) is 15.0. The van der Waals surface area contributed by atoms with E-state index in [4.69, 9.17) is 14.2 Å². The SMILES string of the molecule is COC(=O)C1CCn2c(nnc2-c2ccc(OC(C)C)c(OC)c2)C1. The molecule has 3 rings (SSSR count). The van der Waals surface area contributed by atoms with Gasteiger partial charge in [-0.15, -0.1) is 10.2 Å². The molecular weight excluding hydrogens is 322 g/mol. The van der Waals surface area contributed by atoms with Gasteiger partial charge in [0.1, 0.15) is 5.82 Å². The molecule has 25 heavy (non-hydrogen) atoms. The molecule has 0 radical (unpaired) electrons. The van der Waals surface area contributed by atoms with E-state index < -0.39 is 0 Å². The predicted molar refractivity (Wildman–Crippen MR) is 91.6 cm³/mol. The smallest absolute Gasteiger partial charge is 0.309 e. The molecule has 0 saturated heterocycles. The molecule has 2 aromatic rings. The van der Waals surface area contributed by atoms with Gasteiger partial charge in [0.25, 0.3) is 0 Å². The second-order valence-electron chi connectivity index (χ2n) is 6.34. The lowest BCUT2D eigenvalue weighted by Crippen LogP contribution is -2.27. The number of esters is 1. The maximum atomic E-state index is 11.8. The molecule has 7 nitrogen and oxygen atoms in total. The van der Waals surface area contributed by atoms with Crippen molar-refractivity contribution in [2.75, 3.05) is 14.2 Å². The third-order valence-electron chi connectivity index (χ3n) is 4.28. The van der Waals surface area contributed by atoms with E-state index in [0.717, 1.165) is 23.6 Å². The largest absolute Gasteiger partial charge is 0.493 e. The highest BCUT2D eigenvalue weighted by molar-refractivity contribution is 5.72. The van der Waals surface area contributed by atoms with Crippen LogP contribution in [0.15, 0.2) is 18.2 Å². The van der Waals surface area contributed by atoms with E-state index >= 15 is 0 Å². The van der Waals surface area contributed by atoms with Crippen molar-refractivity contribution >= 4 is 5.97 Å². The van der Waals surface area contributed by atoms with Crippen LogP contribution in [0.25, 0.3) is 11.4 Å². The van der Waals surface area contributed by atoms with Crippen LogP contribution in [0.5, 0.6) is 11.5 Å². The van der Waals surface area contributed by atoms with E-state index in [2.05, 4.69) is 14.8 Å². The summed E-state index contributed by atoms with van der Waals surface area (Å²) >= 11 is 0. The summed E-state index contributed by atoms with van der Waals surface area (Å²) in [6, 6.07) is 5.74. The molecule has 0 aliphatic carbocycles. The zero-order valence-electron chi connectivity index (χ0n) is 15.0. The third kappa shape index (κ3) is 3.45. The van der Waals surface area contributed by atoms with Gasteiger partial charge >= 0.3 is 5.97 Å². The molecule has 2 heterocycles. The Labute approximate surface area is 146 Å². The number of benzene rings is 1. The van der Waals surface area contributed by atoms with Crippen molar-refractivity contribution < 1.29 is 19.0 Å². The van der Waals surface area contributed by atoms with Gasteiger partial charge in [-0.05, 0) is 38.5 Å². The minimum atomic E-state index is -0.187. The maximum absolute atomic E-state index is 11.8. The number of hydrogen-bond donors (Lipinski definition) is 0. The highest BCUT2D eigenvalue weighted by Crippen LogP contribution is 2.34. The molecule has 1 aromatic carbocycles. The van der Waals surface area contributed by atoms with E-state index in [0.29, 0.717) is 24.5 Å². The predicted octanol–water partition coefficient (Wildman–Crippen LogP) is 2.48. The highest BCUT2D eigenvalue weighted by Gasteiger charge is 2.29. The van der Waals surface area contributed by atoms with Gasteiger partial charge in [0.2, 0.25) is 0 Å². The fourth-order valence-electron chi connectivity index (χ4n) is 3.07. The van der Waals surface area contributed by atoms with Crippen molar-refractivity contribution in [3.8, 4) is 22.9 Å². The van der Waals surface area contributed by atoms with Crippen molar-refractivity contribution in [3.63, 3.8) is 0 Å². The van der Waals surface area contributed by atoms with Crippen LogP contribution in [0.2, 0.25) is 0 Å². The van der Waals surface area contributed by atoms with Crippen molar-refractivity contribution in [1.82, 2.24) is 14.8 Å². The molecule has 1 aliphatic rings. The lowest BCUT2D eigenvalue weighted by molar-refractivity contribution is -0.146. The normalized spacial score (nSPS) is 16.4. The fourth-order valence-corrected chi connectivity index (χ4v) is 3.07. The lowest BCUT2D eigenvalue weighted by atomic mass is 9.98. The van der Waals surface area contributed by atoms with E-state index in [1.54, 1.807) is 7.11 Å². The average Bonchev–Trinajstić information content (AvgIpc) is 3.04. The Hall–Kier alpha value is -2.57. The Balaban J connectivity index is 1.89. The van der Waals surface area contributed by atoms with Crippen LogP contribution in [0.1, 0.15) is 26.1 Å². The first-order valence-electron chi connectivity index (χ1n) is 8.38. The highest BCUT2D eigenvalue weighted by atomic mass is 16.5. The first-order chi connectivity index (χ1) is 12.0. The number of rotatable bonds is 5. The van der Waals surface area contributed by atoms with Crippen molar-refractivity contribution in [2.24, 2.45) is 5.92 Å². The number of carbonyl (C=O) groups excluding carboxylic acids is 1. The summed E-state index contributed by atoms with van der Waals surface area (Å²) in [4.78, 5) is 11.8. The van der Waals surface area contributed by atoms with Crippen LogP contribution in [-0.4, -0.2) is 41.1 Å². The molecule has 0 saturated carbocycles. The summed E-state index contributed by atoms with van der Waals surface area (Å²) in [7, 11) is 3.03. The average molecular weight is 345 g/mol. The Morgan fingerprint density at radius 1 is 1.24 bits per heavy atom. The maximum Gasteiger partial charge on any atom is 0.309 e. The van der Waals surface area contributed by atoms with Gasteiger partial charge in [-0.1, -0.05) is 0 Å². The van der Waals surface area contributed by atoms with E-state index in [9.17, 15) is 4.79 Å². The summed E-state index contributed by atoms with van der Waals surface area (Å²) in [5, 5.41) is 8.58. The molecule has 1 aliphatic heterocycles. The molecule has 0 fully saturated rings. The van der Waals surface area contributed by atoms with Crippen LogP contribution in [0, 0.1) is 5.92 Å². The second-order valence-corrected chi connectivity index (χ2v) is 6.34. The summed E-state index contributed by atoms with van der Waals surface area (Å²) < 4.78 is 18.1. The third-order valence-corrected chi connectivity index (χ3v) is 4.28. The molecule has 0 spiro atoms. The Morgan fingerprint density at radius 3 is 2.72 bits per heavy atom. The fraction of sp³-hybridized carbons (Fsp3) is 0.500. The van der Waals surface area contributed by atoms with E-state index in [1.165, 1.54) is 7.11 Å². The first kappa shape index (κ1) is 17.3. The van der Waals surface area contributed by atoms with Crippen LogP contribution < -0.4 is 9.47 Å². The van der Waals surface area contributed by atoms with Crippen LogP contribution in [0.4, 0.5) is 0 Å². The standard InChI is InChI=1S/C18H23N3O4/c1-11(2)25-14-6-5-12(9-15(14)23-3)17-20-19-16-10-13(18(22)24-4)7-8-21(16)17/h5-6,9,11,13H,7-8,10H2,1-4H3. The van der Waals surface area contributed by atoms with Gasteiger partial charge in [-0.3, -0.25) is 4.79 Å². The Bertz CT molecular complexity index is 770. The van der Waals surface area contributed by atoms with Gasteiger partial charge in [0.05, 0.1) is 26.2 Å².